The van der Waals surface area contributed by atoms with Gasteiger partial charge in [0.25, 0.3) is 0 Å². The molecule has 136 valence electrons. The van der Waals surface area contributed by atoms with E-state index in [-0.39, 0.29) is 11.4 Å². The number of rotatable bonds is 2. The molecule has 3 aromatic rings. The van der Waals surface area contributed by atoms with Crippen LogP contribution in [0.2, 0.25) is 0 Å². The van der Waals surface area contributed by atoms with Crippen molar-refractivity contribution in [2.24, 2.45) is 0 Å². The van der Waals surface area contributed by atoms with Crippen molar-refractivity contribution in [1.29, 1.82) is 0 Å². The van der Waals surface area contributed by atoms with Gasteiger partial charge in [-0.15, -0.1) is 0 Å². The maximum atomic E-state index is 14.4. The summed E-state index contributed by atoms with van der Waals surface area (Å²) in [7, 11) is 0. The average Bonchev–Trinajstić information content (AvgIpc) is 2.94. The molecule has 0 saturated carbocycles. The van der Waals surface area contributed by atoms with Crippen molar-refractivity contribution in [1.82, 2.24) is 9.78 Å². The van der Waals surface area contributed by atoms with E-state index in [0.29, 0.717) is 11.3 Å². The van der Waals surface area contributed by atoms with Crippen LogP contribution in [-0.2, 0) is 17.7 Å². The topological polar surface area (TPSA) is 78.0 Å². The summed E-state index contributed by atoms with van der Waals surface area (Å²) in [5.74, 6) is -1.40. The van der Waals surface area contributed by atoms with E-state index in [1.54, 1.807) is 18.2 Å². The van der Waals surface area contributed by atoms with Gasteiger partial charge in [0.1, 0.15) is 5.69 Å². The van der Waals surface area contributed by atoms with Crippen molar-refractivity contribution in [3.05, 3.63) is 66.1 Å². The van der Waals surface area contributed by atoms with Crippen LogP contribution in [0, 0.1) is 5.82 Å². The third kappa shape index (κ3) is 4.14. The summed E-state index contributed by atoms with van der Waals surface area (Å²) in [6.45, 7) is 0. The number of hydrogen-bond acceptors (Lipinski definition) is 4. The zero-order valence-corrected chi connectivity index (χ0v) is 13.7. The lowest BCUT2D eigenvalue weighted by atomic mass is 10.1. The number of halogens is 4. The van der Waals surface area contributed by atoms with Crippen LogP contribution in [0.3, 0.4) is 0 Å². The van der Waals surface area contributed by atoms with Crippen molar-refractivity contribution in [3.8, 4) is 16.9 Å². The highest BCUT2D eigenvalue weighted by Crippen LogP contribution is 2.36. The van der Waals surface area contributed by atoms with Crippen LogP contribution in [0.1, 0.15) is 5.69 Å². The van der Waals surface area contributed by atoms with Crippen LogP contribution in [0.5, 0.6) is 0 Å². The Bertz CT molecular complexity index is 919. The van der Waals surface area contributed by atoms with Gasteiger partial charge in [-0.1, -0.05) is 30.3 Å². The third-order valence-electron chi connectivity index (χ3n) is 3.28. The first kappa shape index (κ1) is 19.3. The molecule has 0 saturated heterocycles. The van der Waals surface area contributed by atoms with Gasteiger partial charge in [-0.25, -0.2) is 9.07 Å². The van der Waals surface area contributed by atoms with Crippen molar-refractivity contribution in [3.63, 3.8) is 0 Å². The van der Waals surface area contributed by atoms with Crippen LogP contribution < -0.4 is 5.73 Å². The molecule has 3 rings (SSSR count). The number of hydrogen-bond donors (Lipinski definition) is 1. The molecule has 10 heteroatoms. The van der Waals surface area contributed by atoms with E-state index in [4.69, 9.17) is 14.2 Å². The molecule has 5 nitrogen and oxygen atoms in total. The Kier molecular flexibility index (Phi) is 5.88. The van der Waals surface area contributed by atoms with Crippen molar-refractivity contribution in [2.75, 3.05) is 5.73 Å². The SMILES string of the molecule is Nc1ccc(-n2nc(C(F)(F)F)c(F)c2-c2ccccc2)cc1.O=S=O. The molecule has 2 aromatic carbocycles. The Labute approximate surface area is 148 Å². The second-order valence-corrected chi connectivity index (χ2v) is 5.08. The number of nitrogen functional groups attached to an aromatic ring is 1. The summed E-state index contributed by atoms with van der Waals surface area (Å²) in [6, 6.07) is 13.9. The van der Waals surface area contributed by atoms with Crippen molar-refractivity contribution in [2.45, 2.75) is 6.18 Å². The fourth-order valence-electron chi connectivity index (χ4n) is 2.23. The molecule has 0 radical (unpaired) electrons. The number of alkyl halides is 3. The highest BCUT2D eigenvalue weighted by Gasteiger charge is 2.40. The maximum absolute atomic E-state index is 14.4. The Balaban J connectivity index is 0.000000758. The molecule has 0 fully saturated rings. The van der Waals surface area contributed by atoms with E-state index < -0.39 is 29.3 Å². The number of benzene rings is 2. The molecule has 0 aliphatic carbocycles. The molecule has 0 spiro atoms. The maximum Gasteiger partial charge on any atom is 0.438 e. The summed E-state index contributed by atoms with van der Waals surface area (Å²) < 4.78 is 70.9. The average molecular weight is 385 g/mol. The van der Waals surface area contributed by atoms with E-state index in [9.17, 15) is 17.6 Å². The Hall–Kier alpha value is -3.01. The van der Waals surface area contributed by atoms with Crippen LogP contribution in [0.4, 0.5) is 23.2 Å². The highest BCUT2D eigenvalue weighted by atomic mass is 32.1. The van der Waals surface area contributed by atoms with Crippen LogP contribution in [0.15, 0.2) is 54.6 Å². The minimum absolute atomic E-state index is 0.248. The summed E-state index contributed by atoms with van der Waals surface area (Å²) >= 11 is -0.750. The number of anilines is 1. The highest BCUT2D eigenvalue weighted by molar-refractivity contribution is 7.51. The third-order valence-corrected chi connectivity index (χ3v) is 3.28. The van der Waals surface area contributed by atoms with Gasteiger partial charge in [-0.05, 0) is 24.3 Å². The standard InChI is InChI=1S/C16H11F4N3.O2S/c17-13-14(10-4-2-1-3-5-10)23(22-15(13)16(18,19)20)12-8-6-11(21)7-9-12;1-3-2/h1-9H,21H2;. The fourth-order valence-corrected chi connectivity index (χ4v) is 2.23. The molecule has 1 heterocycles. The van der Waals surface area contributed by atoms with Crippen LogP contribution in [0.25, 0.3) is 16.9 Å². The molecule has 0 amide bonds. The summed E-state index contributed by atoms with van der Waals surface area (Å²) in [6.07, 6.45) is -4.88. The van der Waals surface area contributed by atoms with E-state index in [1.807, 2.05) is 0 Å². The molecule has 0 unspecified atom stereocenters. The van der Waals surface area contributed by atoms with Gasteiger partial charge in [0.2, 0.25) is 5.69 Å². The first-order chi connectivity index (χ1) is 12.3. The molecule has 0 aliphatic rings. The first-order valence-electron chi connectivity index (χ1n) is 6.98. The number of aromatic nitrogens is 2. The van der Waals surface area contributed by atoms with Gasteiger partial charge in [0.15, 0.2) is 5.82 Å². The van der Waals surface area contributed by atoms with Gasteiger partial charge in [-0.2, -0.15) is 26.7 Å². The van der Waals surface area contributed by atoms with Gasteiger partial charge in [0, 0.05) is 11.3 Å². The second-order valence-electron chi connectivity index (χ2n) is 4.95. The zero-order valence-electron chi connectivity index (χ0n) is 12.9. The van der Waals surface area contributed by atoms with Crippen molar-refractivity contribution >= 4 is 17.3 Å². The lowest BCUT2D eigenvalue weighted by Gasteiger charge is -2.07. The largest absolute Gasteiger partial charge is 0.438 e. The first-order valence-corrected chi connectivity index (χ1v) is 7.65. The minimum Gasteiger partial charge on any atom is -0.399 e. The van der Waals surface area contributed by atoms with Crippen LogP contribution >= 0.6 is 0 Å². The quantitative estimate of drug-likeness (QED) is 0.540. The molecule has 26 heavy (non-hydrogen) atoms. The number of nitrogens with two attached hydrogens (primary N) is 1. The predicted octanol–water partition coefficient (Wildman–Crippen LogP) is 3.61. The van der Waals surface area contributed by atoms with E-state index >= 15 is 0 Å². The van der Waals surface area contributed by atoms with E-state index in [0.717, 1.165) is 4.68 Å². The molecule has 0 atom stereocenters. The van der Waals surface area contributed by atoms with Gasteiger partial charge >= 0.3 is 17.7 Å². The zero-order chi connectivity index (χ0) is 19.3. The monoisotopic (exact) mass is 385 g/mol. The van der Waals surface area contributed by atoms with Gasteiger partial charge in [-0.3, -0.25) is 0 Å². The number of nitrogens with zero attached hydrogens (tertiary/aromatic N) is 2. The summed E-state index contributed by atoms with van der Waals surface area (Å²) in [4.78, 5) is 0. The normalized spacial score (nSPS) is 10.8. The van der Waals surface area contributed by atoms with Gasteiger partial charge < -0.3 is 5.73 Å². The fraction of sp³-hybridized carbons (Fsp3) is 0.0625. The minimum atomic E-state index is -4.88. The Morgan fingerprint density at radius 2 is 1.50 bits per heavy atom. The Morgan fingerprint density at radius 1 is 0.962 bits per heavy atom. The van der Waals surface area contributed by atoms with E-state index in [2.05, 4.69) is 5.10 Å². The predicted molar refractivity (Wildman–Crippen MR) is 87.3 cm³/mol. The lowest BCUT2D eigenvalue weighted by molar-refractivity contribution is -0.143. The van der Waals surface area contributed by atoms with E-state index in [1.165, 1.54) is 36.4 Å². The second kappa shape index (κ2) is 7.91. The lowest BCUT2D eigenvalue weighted by Crippen LogP contribution is -2.09. The summed E-state index contributed by atoms with van der Waals surface area (Å²) in [5.41, 5.74) is 4.80. The Morgan fingerprint density at radius 3 is 2.00 bits per heavy atom. The molecule has 2 N–H and O–H groups in total. The molecule has 0 bridgehead atoms. The van der Waals surface area contributed by atoms with Crippen LogP contribution in [-0.4, -0.2) is 18.2 Å². The molecule has 0 aliphatic heterocycles. The molecular formula is C16H11F4N3O2S. The van der Waals surface area contributed by atoms with Crippen molar-refractivity contribution < 1.29 is 26.0 Å². The molecular weight excluding hydrogens is 374 g/mol. The molecule has 1 aromatic heterocycles. The summed E-state index contributed by atoms with van der Waals surface area (Å²) in [5, 5.41) is 3.43. The smallest absolute Gasteiger partial charge is 0.399 e. The van der Waals surface area contributed by atoms with Gasteiger partial charge in [0.05, 0.1) is 5.69 Å².